The van der Waals surface area contributed by atoms with Crippen molar-refractivity contribution in [1.29, 1.82) is 0 Å². The topological polar surface area (TPSA) is 95.3 Å². The molecule has 6 rings (SSSR count). The van der Waals surface area contributed by atoms with Crippen molar-refractivity contribution in [2.24, 2.45) is 4.99 Å². The molecule has 244 valence electrons. The Hall–Kier alpha value is -1.99. The van der Waals surface area contributed by atoms with Crippen LogP contribution in [0.25, 0.3) is 0 Å². The van der Waals surface area contributed by atoms with Crippen molar-refractivity contribution in [3.8, 4) is 0 Å². The quantitative estimate of drug-likeness (QED) is 0.224. The van der Waals surface area contributed by atoms with E-state index in [4.69, 9.17) is 65.4 Å². The zero-order chi connectivity index (χ0) is 31.9. The summed E-state index contributed by atoms with van der Waals surface area (Å²) in [6.07, 6.45) is 9.18. The van der Waals surface area contributed by atoms with E-state index in [1.807, 2.05) is 23.2 Å². The van der Waals surface area contributed by atoms with Gasteiger partial charge in [0.1, 0.15) is 19.3 Å². The Morgan fingerprint density at radius 1 is 0.867 bits per heavy atom. The maximum absolute atomic E-state index is 6.42. The Morgan fingerprint density at radius 3 is 2.00 bits per heavy atom. The van der Waals surface area contributed by atoms with E-state index in [2.05, 4.69) is 34.3 Å². The number of ether oxygens (including phenoxy) is 4. The number of aryl methyl sites for hydroxylation is 1. The number of rotatable bonds is 11. The SMILES string of the molecule is CCC1COC(CCn2cncn2)(c2ccc(Cl)cc2Cl)O1.CCCC1COC(CCN2CN=CN2)(c2ccc(Cl)cc2Cl)O1. The number of hydrogen-bond acceptors (Lipinski definition) is 9. The minimum atomic E-state index is -0.867. The van der Waals surface area contributed by atoms with Crippen molar-refractivity contribution in [3.05, 3.63) is 80.3 Å². The Balaban J connectivity index is 0.000000178. The van der Waals surface area contributed by atoms with E-state index >= 15 is 0 Å². The van der Waals surface area contributed by atoms with Crippen LogP contribution in [0.15, 0.2) is 54.0 Å². The summed E-state index contributed by atoms with van der Waals surface area (Å²) < 4.78 is 26.4. The first-order valence-corrected chi connectivity index (χ1v) is 16.6. The molecule has 2 fully saturated rings. The van der Waals surface area contributed by atoms with Crippen LogP contribution in [0.5, 0.6) is 0 Å². The van der Waals surface area contributed by atoms with Crippen LogP contribution in [0, 0.1) is 0 Å². The first kappa shape index (κ1) is 34.3. The van der Waals surface area contributed by atoms with Gasteiger partial charge < -0.3 is 24.4 Å². The van der Waals surface area contributed by atoms with Gasteiger partial charge in [-0.3, -0.25) is 9.67 Å². The lowest BCUT2D eigenvalue weighted by Crippen LogP contribution is -2.38. The van der Waals surface area contributed by atoms with Gasteiger partial charge in [0.2, 0.25) is 0 Å². The van der Waals surface area contributed by atoms with E-state index in [-0.39, 0.29) is 12.2 Å². The summed E-state index contributed by atoms with van der Waals surface area (Å²) in [6, 6.07) is 10.8. The largest absolute Gasteiger partial charge is 0.343 e. The fraction of sp³-hybridized carbons (Fsp3) is 0.516. The molecule has 3 aliphatic rings. The second-order valence-electron chi connectivity index (χ2n) is 11.1. The van der Waals surface area contributed by atoms with Crippen LogP contribution in [-0.4, -0.2) is 64.7 Å². The Labute approximate surface area is 283 Å². The van der Waals surface area contributed by atoms with Crippen molar-refractivity contribution >= 4 is 52.7 Å². The molecule has 1 aromatic heterocycles. The summed E-state index contributed by atoms with van der Waals surface area (Å²) in [5.41, 5.74) is 4.72. The number of benzene rings is 2. The molecule has 0 aliphatic carbocycles. The lowest BCUT2D eigenvalue weighted by molar-refractivity contribution is -0.185. The highest BCUT2D eigenvalue weighted by Gasteiger charge is 2.45. The van der Waals surface area contributed by atoms with E-state index < -0.39 is 11.6 Å². The van der Waals surface area contributed by atoms with Crippen LogP contribution in [0.4, 0.5) is 0 Å². The van der Waals surface area contributed by atoms with Gasteiger partial charge in [-0.1, -0.05) is 78.8 Å². The number of aliphatic imine (C=N–C) groups is 1. The zero-order valence-electron chi connectivity index (χ0n) is 25.3. The monoisotopic (exact) mass is 698 g/mol. The van der Waals surface area contributed by atoms with Gasteiger partial charge in [-0.25, -0.2) is 9.99 Å². The van der Waals surface area contributed by atoms with Crippen LogP contribution in [0.2, 0.25) is 20.1 Å². The van der Waals surface area contributed by atoms with Gasteiger partial charge in [-0.15, -0.1) is 0 Å². The standard InChI is InChI=1S/C16H21Cl2N3O2.C15H17Cl2N3O2/c1-2-3-13-9-22-16(23-13,6-7-21-11-19-10-20-21)14-5-4-12(17)8-15(14)18;1-2-12-8-21-15(22-12,5-6-20-10-18-9-19-20)13-4-3-11(16)7-14(13)17/h4-5,8,10,13H,2-3,6-7,9,11H2,1H3,(H,19,20);3-4,7,9-10,12H,2,5-6,8H2,1H3. The lowest BCUT2D eigenvalue weighted by atomic mass is 10.0. The molecule has 2 saturated heterocycles. The van der Waals surface area contributed by atoms with Gasteiger partial charge in [0.15, 0.2) is 11.6 Å². The van der Waals surface area contributed by atoms with E-state index in [9.17, 15) is 0 Å². The smallest absolute Gasteiger partial charge is 0.198 e. The number of nitrogens with one attached hydrogen (secondary N) is 1. The van der Waals surface area contributed by atoms with E-state index in [0.29, 0.717) is 59.4 Å². The molecule has 2 aromatic carbocycles. The van der Waals surface area contributed by atoms with Gasteiger partial charge in [-0.2, -0.15) is 5.10 Å². The molecule has 4 heterocycles. The fourth-order valence-corrected chi connectivity index (χ4v) is 6.64. The van der Waals surface area contributed by atoms with Crippen molar-refractivity contribution in [2.45, 2.75) is 76.3 Å². The lowest BCUT2D eigenvalue weighted by Gasteiger charge is -2.31. The highest BCUT2D eigenvalue weighted by molar-refractivity contribution is 6.35. The van der Waals surface area contributed by atoms with Crippen molar-refractivity contribution in [2.75, 3.05) is 26.4 Å². The maximum atomic E-state index is 6.42. The number of hydrogen-bond donors (Lipinski definition) is 1. The highest BCUT2D eigenvalue weighted by atomic mass is 35.5. The first-order chi connectivity index (χ1) is 21.8. The van der Waals surface area contributed by atoms with Crippen LogP contribution in [0.3, 0.4) is 0 Å². The molecule has 3 aromatic rings. The first-order valence-electron chi connectivity index (χ1n) is 15.1. The van der Waals surface area contributed by atoms with Crippen LogP contribution in [0.1, 0.15) is 57.1 Å². The molecule has 0 radical (unpaired) electrons. The molecule has 4 unspecified atom stereocenters. The molecular weight excluding hydrogens is 662 g/mol. The third-order valence-electron chi connectivity index (χ3n) is 7.90. The van der Waals surface area contributed by atoms with Crippen molar-refractivity contribution in [1.82, 2.24) is 25.2 Å². The Bertz CT molecular complexity index is 1430. The summed E-state index contributed by atoms with van der Waals surface area (Å²) in [5, 5.41) is 8.43. The van der Waals surface area contributed by atoms with Gasteiger partial charge in [0, 0.05) is 47.1 Å². The Morgan fingerprint density at radius 2 is 1.49 bits per heavy atom. The van der Waals surface area contributed by atoms with Crippen LogP contribution in [-0.2, 0) is 37.1 Å². The molecular formula is C31H38Cl4N6O4. The van der Waals surface area contributed by atoms with Crippen LogP contribution < -0.4 is 5.43 Å². The zero-order valence-corrected chi connectivity index (χ0v) is 28.3. The normalized spacial score (nSPS) is 26.2. The average Bonchev–Trinajstić information content (AvgIpc) is 3.84. The van der Waals surface area contributed by atoms with E-state index in [1.165, 1.54) is 6.33 Å². The summed E-state index contributed by atoms with van der Waals surface area (Å²) >= 11 is 24.8. The summed E-state index contributed by atoms with van der Waals surface area (Å²) in [7, 11) is 0. The van der Waals surface area contributed by atoms with Crippen molar-refractivity contribution in [3.63, 3.8) is 0 Å². The van der Waals surface area contributed by atoms with Crippen LogP contribution >= 0.6 is 46.4 Å². The molecule has 0 bridgehead atoms. The van der Waals surface area contributed by atoms with Gasteiger partial charge >= 0.3 is 0 Å². The third-order valence-corrected chi connectivity index (χ3v) is 8.99. The molecule has 4 atom stereocenters. The second kappa shape index (κ2) is 15.7. The van der Waals surface area contributed by atoms with Crippen molar-refractivity contribution < 1.29 is 18.9 Å². The predicted octanol–water partition coefficient (Wildman–Crippen LogP) is 7.21. The molecule has 0 amide bonds. The molecule has 14 heteroatoms. The number of hydrazine groups is 1. The maximum Gasteiger partial charge on any atom is 0.198 e. The second-order valence-corrected chi connectivity index (χ2v) is 12.7. The summed E-state index contributed by atoms with van der Waals surface area (Å²) in [4.78, 5) is 8.09. The highest BCUT2D eigenvalue weighted by Crippen LogP contribution is 2.43. The minimum absolute atomic E-state index is 0.0579. The fourth-order valence-electron chi connectivity index (χ4n) is 5.54. The predicted molar refractivity (Wildman–Crippen MR) is 176 cm³/mol. The number of nitrogens with zero attached hydrogens (tertiary/aromatic N) is 5. The minimum Gasteiger partial charge on any atom is -0.343 e. The summed E-state index contributed by atoms with van der Waals surface area (Å²) in [5.74, 6) is -1.69. The van der Waals surface area contributed by atoms with E-state index in [0.717, 1.165) is 36.9 Å². The van der Waals surface area contributed by atoms with Gasteiger partial charge in [0.05, 0.1) is 41.8 Å². The molecule has 0 saturated carbocycles. The average molecular weight is 700 g/mol. The molecule has 10 nitrogen and oxygen atoms in total. The molecule has 45 heavy (non-hydrogen) atoms. The number of aromatic nitrogens is 3. The van der Waals surface area contributed by atoms with Gasteiger partial charge in [0.25, 0.3) is 0 Å². The number of halogens is 4. The third kappa shape index (κ3) is 8.49. The Kier molecular flexibility index (Phi) is 12.0. The molecule has 1 N–H and O–H groups in total. The molecule has 0 spiro atoms. The molecule has 3 aliphatic heterocycles. The van der Waals surface area contributed by atoms with E-state index in [1.54, 1.807) is 35.5 Å². The van der Waals surface area contributed by atoms with Gasteiger partial charge in [-0.05, 0) is 37.1 Å². The summed E-state index contributed by atoms with van der Waals surface area (Å²) in [6.45, 7) is 7.33.